The van der Waals surface area contributed by atoms with Crippen LogP contribution in [-0.4, -0.2) is 24.0 Å². The summed E-state index contributed by atoms with van der Waals surface area (Å²) in [5, 5.41) is 2.86. The van der Waals surface area contributed by atoms with E-state index in [1.54, 1.807) is 17.1 Å². The molecule has 0 fully saturated rings. The molecule has 0 aromatic heterocycles. The fraction of sp³-hybridized carbons (Fsp3) is 0.154. The molecule has 17 heavy (non-hydrogen) atoms. The summed E-state index contributed by atoms with van der Waals surface area (Å²) in [6, 6.07) is 7.50. The Balaban J connectivity index is 2.72. The summed E-state index contributed by atoms with van der Waals surface area (Å²) in [7, 11) is 0. The minimum Gasteiger partial charge on any atom is -0.317 e. The van der Waals surface area contributed by atoms with Gasteiger partial charge in [-0.3, -0.25) is 0 Å². The minimum atomic E-state index is -0.145. The SMILES string of the molecule is C=CCN(CC=C)C(=O)Nc1ccccc1I. The molecule has 0 saturated heterocycles. The van der Waals surface area contributed by atoms with Crippen LogP contribution in [-0.2, 0) is 0 Å². The molecule has 0 aliphatic carbocycles. The number of benzene rings is 1. The highest BCUT2D eigenvalue weighted by Gasteiger charge is 2.11. The Bertz CT molecular complexity index is 408. The summed E-state index contributed by atoms with van der Waals surface area (Å²) in [5.41, 5.74) is 0.816. The van der Waals surface area contributed by atoms with Crippen molar-refractivity contribution < 1.29 is 4.79 Å². The molecule has 0 radical (unpaired) electrons. The topological polar surface area (TPSA) is 32.3 Å². The zero-order chi connectivity index (χ0) is 12.7. The standard InChI is InChI=1S/C13H15IN2O/c1-3-9-16(10-4-2)13(17)15-12-8-6-5-7-11(12)14/h3-8H,1-2,9-10H2,(H,15,17). The molecule has 1 aromatic carbocycles. The Morgan fingerprint density at radius 2 is 1.88 bits per heavy atom. The summed E-state index contributed by atoms with van der Waals surface area (Å²) in [4.78, 5) is 13.6. The Morgan fingerprint density at radius 1 is 1.29 bits per heavy atom. The van der Waals surface area contributed by atoms with Gasteiger partial charge in [-0.15, -0.1) is 13.2 Å². The highest BCUT2D eigenvalue weighted by Crippen LogP contribution is 2.17. The second kappa shape index (κ2) is 7.11. The lowest BCUT2D eigenvalue weighted by Crippen LogP contribution is -2.35. The van der Waals surface area contributed by atoms with Crippen LogP contribution < -0.4 is 5.32 Å². The van der Waals surface area contributed by atoms with Crippen LogP contribution in [0.3, 0.4) is 0 Å². The molecular formula is C13H15IN2O. The number of urea groups is 1. The molecule has 4 heteroatoms. The van der Waals surface area contributed by atoms with E-state index in [0.717, 1.165) is 9.26 Å². The zero-order valence-corrected chi connectivity index (χ0v) is 11.7. The van der Waals surface area contributed by atoms with Crippen molar-refractivity contribution in [3.8, 4) is 0 Å². The lowest BCUT2D eigenvalue weighted by molar-refractivity contribution is 0.222. The molecule has 1 rings (SSSR count). The van der Waals surface area contributed by atoms with Gasteiger partial charge >= 0.3 is 6.03 Å². The third-order valence-electron chi connectivity index (χ3n) is 2.10. The number of halogens is 1. The van der Waals surface area contributed by atoms with Crippen molar-refractivity contribution >= 4 is 34.3 Å². The van der Waals surface area contributed by atoms with Gasteiger partial charge in [-0.25, -0.2) is 4.79 Å². The first-order valence-electron chi connectivity index (χ1n) is 5.21. The average Bonchev–Trinajstić information content (AvgIpc) is 2.32. The van der Waals surface area contributed by atoms with Crippen molar-refractivity contribution in [3.63, 3.8) is 0 Å². The summed E-state index contributed by atoms with van der Waals surface area (Å²) >= 11 is 2.19. The zero-order valence-electron chi connectivity index (χ0n) is 9.53. The Morgan fingerprint density at radius 3 is 2.41 bits per heavy atom. The quantitative estimate of drug-likeness (QED) is 0.645. The normalized spacial score (nSPS) is 9.47. The summed E-state index contributed by atoms with van der Waals surface area (Å²) < 4.78 is 1.01. The number of carbonyl (C=O) groups excluding carboxylic acids is 1. The van der Waals surface area contributed by atoms with Crippen LogP contribution in [0.2, 0.25) is 0 Å². The molecule has 2 amide bonds. The highest BCUT2D eigenvalue weighted by molar-refractivity contribution is 14.1. The third kappa shape index (κ3) is 4.22. The Kier molecular flexibility index (Phi) is 5.76. The average molecular weight is 342 g/mol. The van der Waals surface area contributed by atoms with Crippen molar-refractivity contribution in [2.45, 2.75) is 0 Å². The van der Waals surface area contributed by atoms with E-state index in [4.69, 9.17) is 0 Å². The van der Waals surface area contributed by atoms with E-state index >= 15 is 0 Å². The second-order valence-electron chi connectivity index (χ2n) is 3.39. The fourth-order valence-electron chi connectivity index (χ4n) is 1.31. The van der Waals surface area contributed by atoms with Gasteiger partial charge in [0.15, 0.2) is 0 Å². The van der Waals surface area contributed by atoms with Crippen molar-refractivity contribution in [2.24, 2.45) is 0 Å². The molecule has 0 unspecified atom stereocenters. The second-order valence-corrected chi connectivity index (χ2v) is 4.55. The smallest absolute Gasteiger partial charge is 0.317 e. The van der Waals surface area contributed by atoms with Gasteiger partial charge in [0.2, 0.25) is 0 Å². The van der Waals surface area contributed by atoms with Crippen LogP contribution >= 0.6 is 22.6 Å². The molecule has 0 atom stereocenters. The van der Waals surface area contributed by atoms with Crippen LogP contribution in [0.5, 0.6) is 0 Å². The van der Waals surface area contributed by atoms with E-state index in [1.165, 1.54) is 0 Å². The van der Waals surface area contributed by atoms with E-state index < -0.39 is 0 Å². The first-order valence-corrected chi connectivity index (χ1v) is 6.29. The first-order chi connectivity index (χ1) is 8.19. The Hall–Kier alpha value is -1.30. The van der Waals surface area contributed by atoms with Gasteiger partial charge in [-0.05, 0) is 34.7 Å². The maximum atomic E-state index is 12.0. The molecule has 0 heterocycles. The largest absolute Gasteiger partial charge is 0.322 e. The Labute approximate surface area is 115 Å². The first kappa shape index (κ1) is 13.8. The molecule has 0 bridgehead atoms. The van der Waals surface area contributed by atoms with Gasteiger partial charge < -0.3 is 10.2 Å². The molecule has 1 N–H and O–H groups in total. The maximum Gasteiger partial charge on any atom is 0.322 e. The van der Waals surface area contributed by atoms with Gasteiger partial charge in [0.25, 0.3) is 0 Å². The number of anilines is 1. The minimum absolute atomic E-state index is 0.145. The number of amides is 2. The molecule has 0 saturated carbocycles. The lowest BCUT2D eigenvalue weighted by atomic mass is 10.3. The van der Waals surface area contributed by atoms with Crippen LogP contribution in [0.4, 0.5) is 10.5 Å². The van der Waals surface area contributed by atoms with Crippen molar-refractivity contribution in [1.29, 1.82) is 0 Å². The van der Waals surface area contributed by atoms with E-state index in [9.17, 15) is 4.79 Å². The summed E-state index contributed by atoms with van der Waals surface area (Å²) in [6.07, 6.45) is 3.39. The highest BCUT2D eigenvalue weighted by atomic mass is 127. The van der Waals surface area contributed by atoms with Crippen LogP contribution in [0.1, 0.15) is 0 Å². The summed E-state index contributed by atoms with van der Waals surface area (Å²) in [6.45, 7) is 8.27. The molecule has 90 valence electrons. The number of nitrogens with zero attached hydrogens (tertiary/aromatic N) is 1. The maximum absolute atomic E-state index is 12.0. The number of hydrogen-bond donors (Lipinski definition) is 1. The molecule has 0 spiro atoms. The van der Waals surface area contributed by atoms with Gasteiger partial charge in [0, 0.05) is 16.7 Å². The van der Waals surface area contributed by atoms with E-state index in [1.807, 2.05) is 24.3 Å². The van der Waals surface area contributed by atoms with Gasteiger partial charge in [0.1, 0.15) is 0 Å². The van der Waals surface area contributed by atoms with Crippen molar-refractivity contribution in [2.75, 3.05) is 18.4 Å². The number of hydrogen-bond acceptors (Lipinski definition) is 1. The van der Waals surface area contributed by atoms with Gasteiger partial charge in [0.05, 0.1) is 5.69 Å². The number of para-hydroxylation sites is 1. The van der Waals surface area contributed by atoms with Gasteiger partial charge in [-0.1, -0.05) is 24.3 Å². The predicted octanol–water partition coefficient (Wildman–Crippen LogP) is 3.50. The molecule has 0 aliphatic heterocycles. The fourth-order valence-corrected chi connectivity index (χ4v) is 1.83. The predicted molar refractivity (Wildman–Crippen MR) is 80.1 cm³/mol. The van der Waals surface area contributed by atoms with Gasteiger partial charge in [-0.2, -0.15) is 0 Å². The summed E-state index contributed by atoms with van der Waals surface area (Å²) in [5.74, 6) is 0. The van der Waals surface area contributed by atoms with Crippen LogP contribution in [0, 0.1) is 3.57 Å². The van der Waals surface area contributed by atoms with E-state index in [2.05, 4.69) is 41.1 Å². The van der Waals surface area contributed by atoms with Crippen LogP contribution in [0.15, 0.2) is 49.6 Å². The molecular weight excluding hydrogens is 327 g/mol. The number of carbonyl (C=O) groups is 1. The van der Waals surface area contributed by atoms with Crippen molar-refractivity contribution in [1.82, 2.24) is 4.90 Å². The number of nitrogens with one attached hydrogen (secondary N) is 1. The molecule has 0 aliphatic rings. The third-order valence-corrected chi connectivity index (χ3v) is 3.04. The lowest BCUT2D eigenvalue weighted by Gasteiger charge is -2.20. The molecule has 3 nitrogen and oxygen atoms in total. The molecule has 1 aromatic rings. The van der Waals surface area contributed by atoms with Crippen molar-refractivity contribution in [3.05, 3.63) is 53.1 Å². The van der Waals surface area contributed by atoms with Crippen LogP contribution in [0.25, 0.3) is 0 Å². The number of rotatable bonds is 5. The monoisotopic (exact) mass is 342 g/mol. The van der Waals surface area contributed by atoms with E-state index in [0.29, 0.717) is 13.1 Å². The van der Waals surface area contributed by atoms with E-state index in [-0.39, 0.29) is 6.03 Å².